The highest BCUT2D eigenvalue weighted by atomic mass is 19.1. The van der Waals surface area contributed by atoms with E-state index in [1.165, 1.54) is 24.4 Å². The number of rotatable bonds is 3. The highest BCUT2D eigenvalue weighted by molar-refractivity contribution is 5.87. The van der Waals surface area contributed by atoms with Gasteiger partial charge in [-0.25, -0.2) is 13.6 Å². The number of hydrogen-bond acceptors (Lipinski definition) is 2. The summed E-state index contributed by atoms with van der Waals surface area (Å²) in [5.41, 5.74) is 0.225. The Morgan fingerprint density at radius 3 is 2.50 bits per heavy atom. The molecule has 0 atom stereocenters. The molecule has 0 unspecified atom stereocenters. The van der Waals surface area contributed by atoms with Crippen molar-refractivity contribution in [2.75, 3.05) is 0 Å². The number of carbonyl (C=O) groups is 1. The molecular formula is C13H9F2NO2. The summed E-state index contributed by atoms with van der Waals surface area (Å²) in [5, 5.41) is 8.81. The third-order valence-corrected chi connectivity index (χ3v) is 2.48. The summed E-state index contributed by atoms with van der Waals surface area (Å²) in [6.07, 6.45) is 1.22. The summed E-state index contributed by atoms with van der Waals surface area (Å²) >= 11 is 0. The lowest BCUT2D eigenvalue weighted by Crippen LogP contribution is -2.02. The van der Waals surface area contributed by atoms with Crippen LogP contribution in [-0.2, 0) is 6.42 Å². The maximum absolute atomic E-state index is 13.4. The Kier molecular flexibility index (Phi) is 3.32. The molecule has 0 bridgehead atoms. The second-order valence-corrected chi connectivity index (χ2v) is 3.72. The normalized spacial score (nSPS) is 10.3. The van der Waals surface area contributed by atoms with Crippen molar-refractivity contribution in [3.63, 3.8) is 0 Å². The van der Waals surface area contributed by atoms with Crippen LogP contribution in [0.25, 0.3) is 0 Å². The Morgan fingerprint density at radius 2 is 1.89 bits per heavy atom. The van der Waals surface area contributed by atoms with E-state index in [1.54, 1.807) is 0 Å². The monoisotopic (exact) mass is 249 g/mol. The Balaban J connectivity index is 2.34. The largest absolute Gasteiger partial charge is 0.478 e. The number of carboxylic acids is 1. The summed E-state index contributed by atoms with van der Waals surface area (Å²) in [6.45, 7) is 0. The second kappa shape index (κ2) is 4.91. The molecule has 1 N–H and O–H groups in total. The number of halogens is 2. The van der Waals surface area contributed by atoms with Gasteiger partial charge in [-0.15, -0.1) is 0 Å². The van der Waals surface area contributed by atoms with E-state index in [4.69, 9.17) is 5.11 Å². The van der Waals surface area contributed by atoms with E-state index >= 15 is 0 Å². The van der Waals surface area contributed by atoms with Crippen LogP contribution in [0.4, 0.5) is 8.78 Å². The van der Waals surface area contributed by atoms with Crippen LogP contribution in [-0.4, -0.2) is 16.1 Å². The second-order valence-electron chi connectivity index (χ2n) is 3.72. The van der Waals surface area contributed by atoms with Gasteiger partial charge in [-0.3, -0.25) is 4.98 Å². The van der Waals surface area contributed by atoms with Crippen LogP contribution >= 0.6 is 0 Å². The lowest BCUT2D eigenvalue weighted by atomic mass is 10.1. The molecule has 0 aliphatic carbocycles. The minimum absolute atomic E-state index is 0.0387. The average Bonchev–Trinajstić information content (AvgIpc) is 2.34. The smallest absolute Gasteiger partial charge is 0.335 e. The number of aromatic nitrogens is 1. The average molecular weight is 249 g/mol. The molecule has 0 fully saturated rings. The predicted molar refractivity (Wildman–Crippen MR) is 60.4 cm³/mol. The fourth-order valence-electron chi connectivity index (χ4n) is 1.59. The third kappa shape index (κ3) is 2.51. The lowest BCUT2D eigenvalue weighted by Gasteiger charge is -2.05. The van der Waals surface area contributed by atoms with E-state index in [2.05, 4.69) is 4.98 Å². The molecule has 0 saturated heterocycles. The van der Waals surface area contributed by atoms with Gasteiger partial charge in [0.15, 0.2) is 0 Å². The first-order valence-corrected chi connectivity index (χ1v) is 5.19. The Morgan fingerprint density at radius 1 is 1.22 bits per heavy atom. The van der Waals surface area contributed by atoms with E-state index in [-0.39, 0.29) is 17.5 Å². The zero-order valence-electron chi connectivity index (χ0n) is 9.23. The number of hydrogen-bond donors (Lipinski definition) is 1. The fraction of sp³-hybridized carbons (Fsp3) is 0.0769. The zero-order chi connectivity index (χ0) is 13.1. The summed E-state index contributed by atoms with van der Waals surface area (Å²) in [7, 11) is 0. The molecule has 5 heteroatoms. The molecule has 1 aromatic carbocycles. The maximum atomic E-state index is 13.4. The minimum Gasteiger partial charge on any atom is -0.478 e. The zero-order valence-corrected chi connectivity index (χ0v) is 9.23. The van der Waals surface area contributed by atoms with Gasteiger partial charge >= 0.3 is 5.97 Å². The lowest BCUT2D eigenvalue weighted by molar-refractivity contribution is 0.0696. The molecule has 2 rings (SSSR count). The van der Waals surface area contributed by atoms with Gasteiger partial charge in [0.2, 0.25) is 0 Å². The van der Waals surface area contributed by atoms with E-state index < -0.39 is 17.6 Å². The molecule has 0 spiro atoms. The molecular weight excluding hydrogens is 240 g/mol. The van der Waals surface area contributed by atoms with E-state index in [9.17, 15) is 13.6 Å². The van der Waals surface area contributed by atoms with Crippen LogP contribution in [0.3, 0.4) is 0 Å². The first kappa shape index (κ1) is 12.2. The van der Waals surface area contributed by atoms with Crippen LogP contribution in [0.5, 0.6) is 0 Å². The summed E-state index contributed by atoms with van der Waals surface area (Å²) in [4.78, 5) is 14.7. The molecule has 3 nitrogen and oxygen atoms in total. The molecule has 1 aromatic heterocycles. The van der Waals surface area contributed by atoms with Crippen molar-refractivity contribution < 1.29 is 18.7 Å². The molecule has 0 amide bonds. The molecule has 2 aromatic rings. The van der Waals surface area contributed by atoms with Crippen molar-refractivity contribution in [1.29, 1.82) is 0 Å². The molecule has 0 aliphatic rings. The van der Waals surface area contributed by atoms with Gasteiger partial charge in [0.1, 0.15) is 11.6 Å². The standard InChI is InChI=1S/C13H9F2NO2/c14-11-2-1-3-12(15)10(11)7-9-6-8(13(17)18)4-5-16-9/h1-6H,7H2,(H,17,18). The van der Waals surface area contributed by atoms with Gasteiger partial charge in [-0.1, -0.05) is 6.07 Å². The van der Waals surface area contributed by atoms with Gasteiger partial charge in [-0.05, 0) is 24.3 Å². The highest BCUT2D eigenvalue weighted by Gasteiger charge is 2.11. The number of carboxylic acid groups (broad SMARTS) is 1. The van der Waals surface area contributed by atoms with Crippen LogP contribution in [0.15, 0.2) is 36.5 Å². The van der Waals surface area contributed by atoms with Gasteiger partial charge in [0, 0.05) is 23.9 Å². The van der Waals surface area contributed by atoms with Crippen molar-refractivity contribution in [3.8, 4) is 0 Å². The maximum Gasteiger partial charge on any atom is 0.335 e. The van der Waals surface area contributed by atoms with Crippen molar-refractivity contribution in [2.45, 2.75) is 6.42 Å². The number of aromatic carboxylic acids is 1. The van der Waals surface area contributed by atoms with E-state index in [0.29, 0.717) is 5.69 Å². The number of benzene rings is 1. The van der Waals surface area contributed by atoms with Crippen LogP contribution in [0.1, 0.15) is 21.6 Å². The topological polar surface area (TPSA) is 50.2 Å². The van der Waals surface area contributed by atoms with Gasteiger partial charge < -0.3 is 5.11 Å². The number of nitrogens with zero attached hydrogens (tertiary/aromatic N) is 1. The highest BCUT2D eigenvalue weighted by Crippen LogP contribution is 2.16. The van der Waals surface area contributed by atoms with Crippen molar-refractivity contribution >= 4 is 5.97 Å². The van der Waals surface area contributed by atoms with Crippen LogP contribution < -0.4 is 0 Å². The van der Waals surface area contributed by atoms with E-state index in [1.807, 2.05) is 0 Å². The molecule has 1 heterocycles. The quantitative estimate of drug-likeness (QED) is 0.909. The first-order valence-electron chi connectivity index (χ1n) is 5.19. The van der Waals surface area contributed by atoms with Gasteiger partial charge in [0.25, 0.3) is 0 Å². The summed E-state index contributed by atoms with van der Waals surface area (Å²) < 4.78 is 26.8. The Labute approximate surface area is 102 Å². The molecule has 0 aliphatic heterocycles. The Bertz CT molecular complexity index is 579. The predicted octanol–water partition coefficient (Wildman–Crippen LogP) is 2.65. The SMILES string of the molecule is O=C(O)c1ccnc(Cc2c(F)cccc2F)c1. The van der Waals surface area contributed by atoms with Crippen molar-refractivity contribution in [2.24, 2.45) is 0 Å². The van der Waals surface area contributed by atoms with Gasteiger partial charge in [-0.2, -0.15) is 0 Å². The van der Waals surface area contributed by atoms with Crippen LogP contribution in [0, 0.1) is 11.6 Å². The van der Waals surface area contributed by atoms with Crippen molar-refractivity contribution in [3.05, 3.63) is 65.0 Å². The first-order chi connectivity index (χ1) is 8.58. The van der Waals surface area contributed by atoms with Crippen molar-refractivity contribution in [1.82, 2.24) is 4.98 Å². The summed E-state index contributed by atoms with van der Waals surface area (Å²) in [5.74, 6) is -2.44. The van der Waals surface area contributed by atoms with Crippen LogP contribution in [0.2, 0.25) is 0 Å². The molecule has 0 radical (unpaired) electrons. The Hall–Kier alpha value is -2.30. The molecule has 0 saturated carbocycles. The minimum atomic E-state index is -1.10. The fourth-order valence-corrected chi connectivity index (χ4v) is 1.59. The number of pyridine rings is 1. The summed E-state index contributed by atoms with van der Waals surface area (Å²) in [6, 6.07) is 6.20. The van der Waals surface area contributed by atoms with E-state index in [0.717, 1.165) is 12.1 Å². The molecule has 92 valence electrons. The van der Waals surface area contributed by atoms with Gasteiger partial charge in [0.05, 0.1) is 5.56 Å². The third-order valence-electron chi connectivity index (χ3n) is 2.48. The molecule has 18 heavy (non-hydrogen) atoms.